The summed E-state index contributed by atoms with van der Waals surface area (Å²) in [7, 11) is 1.57. The van der Waals surface area contributed by atoms with Crippen molar-refractivity contribution < 1.29 is 17.6 Å². The first-order valence-electron chi connectivity index (χ1n) is 5.10. The molecule has 0 saturated carbocycles. The zero-order valence-electron chi connectivity index (χ0n) is 9.31. The second-order valence-electron chi connectivity index (χ2n) is 3.63. The standard InChI is InChI=1S/C12H9BrF3NO/c1-17-12(8-4-5-9(13)18-8)6-2-3-7(14)11(16)10(6)15/h2-5,12,17H,1H3. The van der Waals surface area contributed by atoms with E-state index in [2.05, 4.69) is 21.2 Å². The highest BCUT2D eigenvalue weighted by atomic mass is 79.9. The molecule has 0 aliphatic rings. The number of nitrogens with one attached hydrogen (secondary N) is 1. The molecule has 0 aliphatic heterocycles. The largest absolute Gasteiger partial charge is 0.452 e. The molecule has 1 atom stereocenters. The van der Waals surface area contributed by atoms with E-state index in [1.165, 1.54) is 6.07 Å². The maximum absolute atomic E-state index is 13.7. The highest BCUT2D eigenvalue weighted by Crippen LogP contribution is 2.29. The van der Waals surface area contributed by atoms with Crippen LogP contribution >= 0.6 is 15.9 Å². The van der Waals surface area contributed by atoms with E-state index in [9.17, 15) is 13.2 Å². The Morgan fingerprint density at radius 3 is 2.39 bits per heavy atom. The molecule has 0 saturated heterocycles. The van der Waals surface area contributed by atoms with Gasteiger partial charge in [-0.3, -0.25) is 0 Å². The van der Waals surface area contributed by atoms with Gasteiger partial charge < -0.3 is 9.73 Å². The minimum Gasteiger partial charge on any atom is -0.452 e. The van der Waals surface area contributed by atoms with Crippen LogP contribution < -0.4 is 5.32 Å². The molecule has 18 heavy (non-hydrogen) atoms. The third-order valence-electron chi connectivity index (χ3n) is 2.54. The molecule has 2 aromatic rings. The monoisotopic (exact) mass is 319 g/mol. The molecule has 0 bridgehead atoms. The van der Waals surface area contributed by atoms with E-state index in [0.717, 1.165) is 6.07 Å². The molecule has 1 unspecified atom stereocenters. The molecule has 1 aromatic carbocycles. The smallest absolute Gasteiger partial charge is 0.194 e. The molecule has 0 amide bonds. The van der Waals surface area contributed by atoms with Crippen molar-refractivity contribution in [3.63, 3.8) is 0 Å². The molecule has 96 valence electrons. The second kappa shape index (κ2) is 5.16. The highest BCUT2D eigenvalue weighted by molar-refractivity contribution is 9.10. The van der Waals surface area contributed by atoms with Crippen molar-refractivity contribution in [3.8, 4) is 0 Å². The summed E-state index contributed by atoms with van der Waals surface area (Å²) in [5, 5.41) is 2.79. The zero-order chi connectivity index (χ0) is 13.3. The lowest BCUT2D eigenvalue weighted by molar-refractivity contribution is 0.412. The van der Waals surface area contributed by atoms with E-state index in [1.807, 2.05) is 0 Å². The third kappa shape index (κ3) is 2.30. The summed E-state index contributed by atoms with van der Waals surface area (Å²) in [6.45, 7) is 0. The topological polar surface area (TPSA) is 25.2 Å². The quantitative estimate of drug-likeness (QED) is 0.871. The fraction of sp³-hybridized carbons (Fsp3) is 0.167. The Morgan fingerprint density at radius 2 is 1.83 bits per heavy atom. The molecule has 1 aromatic heterocycles. The predicted octanol–water partition coefficient (Wildman–Crippen LogP) is 3.77. The van der Waals surface area contributed by atoms with E-state index in [-0.39, 0.29) is 5.56 Å². The minimum atomic E-state index is -1.49. The fourth-order valence-electron chi connectivity index (χ4n) is 1.70. The molecule has 0 radical (unpaired) electrons. The minimum absolute atomic E-state index is 0.0155. The van der Waals surface area contributed by atoms with Gasteiger partial charge in [-0.15, -0.1) is 0 Å². The van der Waals surface area contributed by atoms with Crippen molar-refractivity contribution in [2.45, 2.75) is 6.04 Å². The summed E-state index contributed by atoms with van der Waals surface area (Å²) < 4.78 is 45.5. The fourth-order valence-corrected chi connectivity index (χ4v) is 2.02. The lowest BCUT2D eigenvalue weighted by Gasteiger charge is -2.15. The molecule has 2 nitrogen and oxygen atoms in total. The molecular weight excluding hydrogens is 311 g/mol. The van der Waals surface area contributed by atoms with Gasteiger partial charge in [-0.25, -0.2) is 13.2 Å². The van der Waals surface area contributed by atoms with Crippen molar-refractivity contribution in [1.29, 1.82) is 0 Å². The van der Waals surface area contributed by atoms with E-state index >= 15 is 0 Å². The first-order valence-corrected chi connectivity index (χ1v) is 5.89. The van der Waals surface area contributed by atoms with Gasteiger partial charge in [0.1, 0.15) is 5.76 Å². The van der Waals surface area contributed by atoms with Gasteiger partial charge >= 0.3 is 0 Å². The molecule has 0 spiro atoms. The first kappa shape index (κ1) is 13.2. The molecule has 1 N–H and O–H groups in total. The predicted molar refractivity (Wildman–Crippen MR) is 63.6 cm³/mol. The van der Waals surface area contributed by atoms with Crippen LogP contribution in [0.2, 0.25) is 0 Å². The van der Waals surface area contributed by atoms with Crippen molar-refractivity contribution in [1.82, 2.24) is 5.32 Å². The summed E-state index contributed by atoms with van der Waals surface area (Å²) in [6, 6.07) is 4.64. The van der Waals surface area contributed by atoms with Gasteiger partial charge in [0.2, 0.25) is 0 Å². The number of furan rings is 1. The van der Waals surface area contributed by atoms with E-state index in [1.54, 1.807) is 19.2 Å². The number of rotatable bonds is 3. The molecule has 2 rings (SSSR count). The average Bonchev–Trinajstić information content (AvgIpc) is 2.77. The van der Waals surface area contributed by atoms with E-state index in [0.29, 0.717) is 10.4 Å². The lowest BCUT2D eigenvalue weighted by Crippen LogP contribution is -2.19. The van der Waals surface area contributed by atoms with Gasteiger partial charge in [0.25, 0.3) is 0 Å². The molecule has 0 aliphatic carbocycles. The number of hydrogen-bond donors (Lipinski definition) is 1. The summed E-state index contributed by atoms with van der Waals surface area (Å²) in [5.41, 5.74) is -0.0155. The van der Waals surface area contributed by atoms with Crippen molar-refractivity contribution in [3.05, 3.63) is 57.7 Å². The Hall–Kier alpha value is -1.27. The van der Waals surface area contributed by atoms with Gasteiger partial charge in [0.05, 0.1) is 6.04 Å². The van der Waals surface area contributed by atoms with Crippen LogP contribution in [0.1, 0.15) is 17.4 Å². The van der Waals surface area contributed by atoms with Gasteiger partial charge in [-0.05, 0) is 41.2 Å². The van der Waals surface area contributed by atoms with Gasteiger partial charge in [-0.1, -0.05) is 6.07 Å². The van der Waals surface area contributed by atoms with Crippen LogP contribution in [-0.4, -0.2) is 7.05 Å². The Bertz CT molecular complexity index is 570. The molecular formula is C12H9BrF3NO. The van der Waals surface area contributed by atoms with Crippen molar-refractivity contribution >= 4 is 15.9 Å². The van der Waals surface area contributed by atoms with Crippen molar-refractivity contribution in [2.75, 3.05) is 7.05 Å². The van der Waals surface area contributed by atoms with Crippen LogP contribution in [0.15, 0.2) is 33.4 Å². The summed E-state index contributed by atoms with van der Waals surface area (Å²) in [5.74, 6) is -3.53. The number of benzene rings is 1. The van der Waals surface area contributed by atoms with Crippen LogP contribution in [0, 0.1) is 17.5 Å². The molecule has 0 fully saturated rings. The van der Waals surface area contributed by atoms with E-state index < -0.39 is 23.5 Å². The summed E-state index contributed by atoms with van der Waals surface area (Å²) >= 11 is 3.12. The normalized spacial score (nSPS) is 12.7. The maximum Gasteiger partial charge on any atom is 0.194 e. The zero-order valence-corrected chi connectivity index (χ0v) is 10.9. The lowest BCUT2D eigenvalue weighted by atomic mass is 10.0. The Morgan fingerprint density at radius 1 is 1.11 bits per heavy atom. The van der Waals surface area contributed by atoms with Gasteiger partial charge in [0.15, 0.2) is 22.1 Å². The summed E-state index contributed by atoms with van der Waals surface area (Å²) in [6.07, 6.45) is 0. The van der Waals surface area contributed by atoms with Crippen LogP contribution in [-0.2, 0) is 0 Å². The molecule has 1 heterocycles. The first-order chi connectivity index (χ1) is 8.54. The Balaban J connectivity index is 2.49. The van der Waals surface area contributed by atoms with Gasteiger partial charge in [-0.2, -0.15) is 0 Å². The Labute approximate surface area is 110 Å². The number of hydrogen-bond acceptors (Lipinski definition) is 2. The van der Waals surface area contributed by atoms with Gasteiger partial charge in [0, 0.05) is 5.56 Å². The maximum atomic E-state index is 13.7. The molecule has 6 heteroatoms. The van der Waals surface area contributed by atoms with E-state index in [4.69, 9.17) is 4.42 Å². The second-order valence-corrected chi connectivity index (χ2v) is 4.41. The number of halogens is 4. The SMILES string of the molecule is CNC(c1ccc(Br)o1)c1ccc(F)c(F)c1F. The van der Waals surface area contributed by atoms with Crippen molar-refractivity contribution in [2.24, 2.45) is 0 Å². The van der Waals surface area contributed by atoms with Crippen LogP contribution in [0.3, 0.4) is 0 Å². The third-order valence-corrected chi connectivity index (χ3v) is 2.97. The highest BCUT2D eigenvalue weighted by Gasteiger charge is 2.23. The summed E-state index contributed by atoms with van der Waals surface area (Å²) in [4.78, 5) is 0. The van der Waals surface area contributed by atoms with Crippen LogP contribution in [0.5, 0.6) is 0 Å². The Kier molecular flexibility index (Phi) is 3.77. The van der Waals surface area contributed by atoms with Crippen LogP contribution in [0.25, 0.3) is 0 Å². The van der Waals surface area contributed by atoms with Crippen LogP contribution in [0.4, 0.5) is 13.2 Å². The average molecular weight is 320 g/mol.